The minimum atomic E-state index is -3.80. The lowest BCUT2D eigenvalue weighted by Crippen LogP contribution is -2.23. The summed E-state index contributed by atoms with van der Waals surface area (Å²) in [6, 6.07) is 6.91. The van der Waals surface area contributed by atoms with Crippen molar-refractivity contribution in [3.8, 4) is 0 Å². The van der Waals surface area contributed by atoms with Gasteiger partial charge in [0, 0.05) is 12.7 Å². The fraction of sp³-hybridized carbons (Fsp3) is 0.250. The molecule has 24 heavy (non-hydrogen) atoms. The highest BCUT2D eigenvalue weighted by Crippen LogP contribution is 2.21. The highest BCUT2D eigenvalue weighted by atomic mass is 32.2. The summed E-state index contributed by atoms with van der Waals surface area (Å²) in [6.45, 7) is 5.94. The van der Waals surface area contributed by atoms with Gasteiger partial charge in [0.1, 0.15) is 16.7 Å². The minimum Gasteiger partial charge on any atom is -0.300 e. The molecule has 0 bridgehead atoms. The Morgan fingerprint density at radius 1 is 1.21 bits per heavy atom. The number of hydrogen-bond acceptors (Lipinski definition) is 4. The number of aromatic nitrogens is 3. The zero-order valence-corrected chi connectivity index (χ0v) is 14.5. The number of fused-ring (bicyclic) bond motifs is 1. The van der Waals surface area contributed by atoms with Crippen molar-refractivity contribution in [1.82, 2.24) is 14.2 Å². The van der Waals surface area contributed by atoms with Crippen LogP contribution in [-0.4, -0.2) is 22.6 Å². The van der Waals surface area contributed by atoms with Gasteiger partial charge < -0.3 is 0 Å². The summed E-state index contributed by atoms with van der Waals surface area (Å²) in [7, 11) is -3.80. The van der Waals surface area contributed by atoms with Crippen LogP contribution in [0.15, 0.2) is 46.5 Å². The van der Waals surface area contributed by atoms with Crippen LogP contribution in [0.3, 0.4) is 0 Å². The van der Waals surface area contributed by atoms with Crippen LogP contribution in [0.1, 0.15) is 18.1 Å². The summed E-state index contributed by atoms with van der Waals surface area (Å²) in [5.41, 5.74) is 2.24. The molecule has 0 spiro atoms. The number of anilines is 1. The molecule has 0 saturated carbocycles. The summed E-state index contributed by atoms with van der Waals surface area (Å²) in [4.78, 5) is 12.2. The molecule has 2 aromatic heterocycles. The van der Waals surface area contributed by atoms with Crippen molar-refractivity contribution in [3.63, 3.8) is 0 Å². The Bertz CT molecular complexity index is 1080. The molecule has 0 aliphatic heterocycles. The van der Waals surface area contributed by atoms with E-state index in [1.165, 1.54) is 27.7 Å². The molecule has 7 nitrogen and oxygen atoms in total. The summed E-state index contributed by atoms with van der Waals surface area (Å²) < 4.78 is 30.6. The third kappa shape index (κ3) is 2.80. The zero-order chi connectivity index (χ0) is 17.5. The van der Waals surface area contributed by atoms with Crippen molar-refractivity contribution in [1.29, 1.82) is 0 Å². The summed E-state index contributed by atoms with van der Waals surface area (Å²) in [5.74, 6) is 0. The van der Waals surface area contributed by atoms with Crippen molar-refractivity contribution in [2.75, 3.05) is 4.72 Å². The molecule has 0 radical (unpaired) electrons. The number of nitrogens with zero attached hydrogens (tertiary/aromatic N) is 3. The lowest BCUT2D eigenvalue weighted by Gasteiger charge is -2.10. The van der Waals surface area contributed by atoms with Gasteiger partial charge in [-0.2, -0.15) is 5.10 Å². The molecular formula is C16H18N4O3S. The first-order valence-electron chi connectivity index (χ1n) is 7.49. The largest absolute Gasteiger partial charge is 0.300 e. The maximum absolute atomic E-state index is 12.6. The summed E-state index contributed by atoms with van der Waals surface area (Å²) >= 11 is 0. The molecule has 1 aromatic carbocycles. The molecule has 0 atom stereocenters. The molecule has 126 valence electrons. The van der Waals surface area contributed by atoms with Gasteiger partial charge in [-0.25, -0.2) is 13.1 Å². The molecule has 8 heteroatoms. The molecule has 1 N–H and O–H groups in total. The highest BCUT2D eigenvalue weighted by Gasteiger charge is 2.19. The lowest BCUT2D eigenvalue weighted by atomic mass is 10.1. The first kappa shape index (κ1) is 16.3. The van der Waals surface area contributed by atoms with Crippen LogP contribution in [0.25, 0.3) is 5.52 Å². The molecular weight excluding hydrogens is 328 g/mol. The van der Waals surface area contributed by atoms with Crippen molar-refractivity contribution in [2.45, 2.75) is 32.2 Å². The first-order valence-corrected chi connectivity index (χ1v) is 8.98. The molecule has 0 fully saturated rings. The van der Waals surface area contributed by atoms with E-state index >= 15 is 0 Å². The van der Waals surface area contributed by atoms with E-state index in [4.69, 9.17) is 0 Å². The second-order valence-corrected chi connectivity index (χ2v) is 7.33. The molecule has 0 unspecified atom stereocenters. The van der Waals surface area contributed by atoms with Crippen LogP contribution in [-0.2, 0) is 16.6 Å². The lowest BCUT2D eigenvalue weighted by molar-refractivity contribution is 0.600. The van der Waals surface area contributed by atoms with Crippen molar-refractivity contribution < 1.29 is 8.42 Å². The van der Waals surface area contributed by atoms with E-state index in [1.807, 2.05) is 26.0 Å². The quantitative estimate of drug-likeness (QED) is 0.782. The van der Waals surface area contributed by atoms with Gasteiger partial charge in [0.15, 0.2) is 0 Å². The minimum absolute atomic E-state index is 0.0242. The van der Waals surface area contributed by atoms with Gasteiger partial charge in [-0.3, -0.25) is 13.9 Å². The van der Waals surface area contributed by atoms with Gasteiger partial charge in [-0.05, 0) is 44.0 Å². The molecule has 0 amide bonds. The van der Waals surface area contributed by atoms with E-state index in [1.54, 1.807) is 13.0 Å². The number of aryl methyl sites for hydroxylation is 3. The fourth-order valence-corrected chi connectivity index (χ4v) is 3.59. The summed E-state index contributed by atoms with van der Waals surface area (Å²) in [5, 5.41) is 3.98. The Balaban J connectivity index is 2.07. The Morgan fingerprint density at radius 2 is 1.96 bits per heavy atom. The number of nitrogens with one attached hydrogen (secondary N) is 1. The fourth-order valence-electron chi connectivity index (χ4n) is 2.45. The number of sulfonamides is 1. The second-order valence-electron chi connectivity index (χ2n) is 5.64. The maximum atomic E-state index is 12.6. The monoisotopic (exact) mass is 346 g/mol. The molecule has 2 heterocycles. The second kappa shape index (κ2) is 5.79. The Labute approximate surface area is 139 Å². The molecule has 3 aromatic rings. The zero-order valence-electron chi connectivity index (χ0n) is 13.6. The van der Waals surface area contributed by atoms with E-state index in [-0.39, 0.29) is 16.0 Å². The Kier molecular flexibility index (Phi) is 3.92. The van der Waals surface area contributed by atoms with Crippen LogP contribution in [0.4, 0.5) is 5.69 Å². The molecule has 3 rings (SSSR count). The van der Waals surface area contributed by atoms with E-state index < -0.39 is 10.0 Å². The first-order chi connectivity index (χ1) is 11.3. The average molecular weight is 346 g/mol. The van der Waals surface area contributed by atoms with E-state index in [9.17, 15) is 13.2 Å². The van der Waals surface area contributed by atoms with Gasteiger partial charge in [-0.15, -0.1) is 0 Å². The average Bonchev–Trinajstić information content (AvgIpc) is 2.97. The third-order valence-electron chi connectivity index (χ3n) is 3.84. The van der Waals surface area contributed by atoms with Crippen molar-refractivity contribution in [3.05, 3.63) is 58.3 Å². The molecule has 0 aliphatic carbocycles. The van der Waals surface area contributed by atoms with E-state index in [0.717, 1.165) is 11.1 Å². The topological polar surface area (TPSA) is 85.5 Å². The van der Waals surface area contributed by atoms with Crippen LogP contribution in [0, 0.1) is 13.8 Å². The third-order valence-corrected chi connectivity index (χ3v) is 5.17. The van der Waals surface area contributed by atoms with Crippen molar-refractivity contribution in [2.24, 2.45) is 0 Å². The highest BCUT2D eigenvalue weighted by molar-refractivity contribution is 7.92. The molecule has 0 saturated heterocycles. The number of rotatable bonds is 4. The SMILES string of the molecule is CCn1ncn2cc(S(=O)(=O)Nc3cc(C)ccc3C)cc2c1=O. The molecule has 0 aliphatic rings. The summed E-state index contributed by atoms with van der Waals surface area (Å²) in [6.07, 6.45) is 2.81. The van der Waals surface area contributed by atoms with Gasteiger partial charge in [-0.1, -0.05) is 12.1 Å². The van der Waals surface area contributed by atoms with Gasteiger partial charge in [0.05, 0.1) is 5.69 Å². The number of benzene rings is 1. The van der Waals surface area contributed by atoms with Gasteiger partial charge in [0.2, 0.25) is 0 Å². The van der Waals surface area contributed by atoms with Crippen LogP contribution in [0.5, 0.6) is 0 Å². The predicted octanol–water partition coefficient (Wildman–Crippen LogP) is 1.93. The Hall–Kier alpha value is -2.61. The van der Waals surface area contributed by atoms with Crippen molar-refractivity contribution >= 4 is 21.2 Å². The predicted molar refractivity (Wildman–Crippen MR) is 91.9 cm³/mol. The number of hydrogen-bond donors (Lipinski definition) is 1. The van der Waals surface area contributed by atoms with Gasteiger partial charge in [0.25, 0.3) is 15.6 Å². The van der Waals surface area contributed by atoms with E-state index in [2.05, 4.69) is 9.82 Å². The van der Waals surface area contributed by atoms with Crippen LogP contribution in [0.2, 0.25) is 0 Å². The standard InChI is InChI=1S/C16H18N4O3S/c1-4-20-16(21)15-8-13(9-19(15)10-17-20)24(22,23)18-14-7-11(2)5-6-12(14)3/h5-10,18H,4H2,1-3H3. The van der Waals surface area contributed by atoms with E-state index in [0.29, 0.717) is 12.2 Å². The normalized spacial score (nSPS) is 11.8. The van der Waals surface area contributed by atoms with Crippen LogP contribution >= 0.6 is 0 Å². The Morgan fingerprint density at radius 3 is 2.67 bits per heavy atom. The smallest absolute Gasteiger partial charge is 0.291 e. The van der Waals surface area contributed by atoms with Gasteiger partial charge >= 0.3 is 0 Å². The maximum Gasteiger partial charge on any atom is 0.291 e. The van der Waals surface area contributed by atoms with Crippen LogP contribution < -0.4 is 10.3 Å².